The van der Waals surface area contributed by atoms with Crippen LogP contribution in [-0.4, -0.2) is 0 Å². The monoisotopic (exact) mass is 492 g/mol. The van der Waals surface area contributed by atoms with Crippen LogP contribution in [0, 0.1) is 46.3 Å². The summed E-state index contributed by atoms with van der Waals surface area (Å²) in [5.41, 5.74) is 15.6. The number of nitrogen functional groups attached to an aromatic ring is 2. The molecule has 4 fully saturated rings. The van der Waals surface area contributed by atoms with Crippen molar-refractivity contribution in [1.82, 2.24) is 0 Å². The fraction of sp³-hybridized carbons (Fsp3) is 0.758. The molecule has 4 saturated carbocycles. The topological polar surface area (TPSA) is 61.3 Å². The Hall–Kier alpha value is -1.64. The molecule has 1 aromatic carbocycles. The molecule has 0 heterocycles. The Morgan fingerprint density at radius 2 is 1.81 bits per heavy atom. The van der Waals surface area contributed by atoms with Crippen molar-refractivity contribution in [1.29, 1.82) is 0 Å². The molecule has 36 heavy (non-hydrogen) atoms. The molecular formula is C33H52N2O. The molecule has 0 radical (unpaired) electrons. The van der Waals surface area contributed by atoms with E-state index in [1.807, 2.05) is 18.4 Å². The highest BCUT2D eigenvalue weighted by Gasteiger charge is 2.60. The van der Waals surface area contributed by atoms with Crippen molar-refractivity contribution in [2.24, 2.45) is 46.3 Å². The predicted octanol–water partition coefficient (Wildman–Crippen LogP) is 8.99. The first-order chi connectivity index (χ1) is 17.2. The molecule has 4 aliphatic carbocycles. The normalized spacial score (nSPS) is 39.1. The fourth-order valence-electron chi connectivity index (χ4n) is 10.1. The van der Waals surface area contributed by atoms with Crippen molar-refractivity contribution in [3.8, 4) is 5.75 Å². The van der Waals surface area contributed by atoms with Crippen molar-refractivity contribution < 1.29 is 4.74 Å². The summed E-state index contributed by atoms with van der Waals surface area (Å²) in [6.07, 6.45) is 20.6. The van der Waals surface area contributed by atoms with E-state index >= 15 is 0 Å². The summed E-state index contributed by atoms with van der Waals surface area (Å²) >= 11 is 0. The number of nitrogens with two attached hydrogens (primary N) is 2. The predicted molar refractivity (Wildman–Crippen MR) is 153 cm³/mol. The van der Waals surface area contributed by atoms with Gasteiger partial charge >= 0.3 is 0 Å². The van der Waals surface area contributed by atoms with Crippen LogP contribution in [0.25, 0.3) is 0 Å². The summed E-state index contributed by atoms with van der Waals surface area (Å²) < 4.78 is 5.85. The van der Waals surface area contributed by atoms with Gasteiger partial charge in [0.25, 0.3) is 0 Å². The summed E-state index contributed by atoms with van der Waals surface area (Å²) in [4.78, 5) is 0. The second-order valence-electron chi connectivity index (χ2n) is 13.9. The third kappa shape index (κ3) is 4.69. The van der Waals surface area contributed by atoms with E-state index in [1.165, 1.54) is 82.6 Å². The van der Waals surface area contributed by atoms with Gasteiger partial charge in [-0.2, -0.15) is 0 Å². The molecule has 200 valence electrons. The minimum atomic E-state index is 0.582. The van der Waals surface area contributed by atoms with Crippen LogP contribution in [0.4, 0.5) is 11.4 Å². The first-order valence-corrected chi connectivity index (χ1v) is 15.2. The zero-order chi connectivity index (χ0) is 25.5. The Bertz CT molecular complexity index is 955. The maximum Gasteiger partial charge on any atom is 0.149 e. The lowest BCUT2D eigenvalue weighted by molar-refractivity contribution is -0.114. The molecule has 3 nitrogen and oxygen atoms in total. The Kier molecular flexibility index (Phi) is 7.40. The number of fused-ring (bicyclic) bond motifs is 5. The molecule has 0 aliphatic heterocycles. The molecule has 0 saturated heterocycles. The smallest absolute Gasteiger partial charge is 0.149 e. The molecule has 0 amide bonds. The quantitative estimate of drug-likeness (QED) is 0.295. The molecule has 5 rings (SSSR count). The highest BCUT2D eigenvalue weighted by molar-refractivity contribution is 5.60. The highest BCUT2D eigenvalue weighted by Crippen LogP contribution is 2.68. The van der Waals surface area contributed by atoms with E-state index in [9.17, 15) is 0 Å². The zero-order valence-corrected chi connectivity index (χ0v) is 23.5. The van der Waals surface area contributed by atoms with Gasteiger partial charge in [-0.3, -0.25) is 0 Å². The van der Waals surface area contributed by atoms with Gasteiger partial charge in [-0.1, -0.05) is 40.0 Å². The first kappa shape index (κ1) is 26.0. The number of hydrogen-bond donors (Lipinski definition) is 2. The second kappa shape index (κ2) is 10.3. The van der Waals surface area contributed by atoms with Crippen LogP contribution < -0.4 is 16.2 Å². The maximum absolute atomic E-state index is 6.03. The van der Waals surface area contributed by atoms with E-state index in [0.717, 1.165) is 41.9 Å². The van der Waals surface area contributed by atoms with Gasteiger partial charge in [0.1, 0.15) is 5.75 Å². The average Bonchev–Trinajstić information content (AvgIpc) is 3.20. The first-order valence-electron chi connectivity index (χ1n) is 15.2. The van der Waals surface area contributed by atoms with E-state index in [4.69, 9.17) is 16.2 Å². The molecule has 0 spiro atoms. The van der Waals surface area contributed by atoms with Gasteiger partial charge in [-0.05, 0) is 141 Å². The summed E-state index contributed by atoms with van der Waals surface area (Å²) in [6.45, 7) is 10.2. The maximum atomic E-state index is 6.03. The summed E-state index contributed by atoms with van der Waals surface area (Å²) in [6, 6.07) is 5.44. The standard InChI is InChI=1S/C33H52N2O/c1-22(21-36-31-16-12-25(34)20-30(31)35)8-7-9-23(2)27-14-15-28-26-13-11-24-10-5-6-18-32(24,3)29(26)17-19-33(27,28)4/h12,16,20-21,23-24,26-29H,5-11,13-15,17-19,34-35H2,1-4H3/t23-,24?,26+,27-,28+,29+,32+,33-/m1/s1. The molecule has 1 aromatic rings. The van der Waals surface area contributed by atoms with Crippen LogP contribution in [0.5, 0.6) is 5.75 Å². The van der Waals surface area contributed by atoms with E-state index in [-0.39, 0.29) is 0 Å². The molecule has 4 aliphatic rings. The number of anilines is 2. The molecule has 0 aromatic heterocycles. The number of ether oxygens (including phenoxy) is 1. The van der Waals surface area contributed by atoms with Gasteiger partial charge in [-0.15, -0.1) is 0 Å². The Balaban J connectivity index is 1.15. The van der Waals surface area contributed by atoms with Crippen LogP contribution in [0.1, 0.15) is 111 Å². The van der Waals surface area contributed by atoms with Crippen molar-refractivity contribution in [3.05, 3.63) is 30.0 Å². The van der Waals surface area contributed by atoms with Gasteiger partial charge in [0.15, 0.2) is 0 Å². The second-order valence-corrected chi connectivity index (χ2v) is 13.9. The number of benzene rings is 1. The third-order valence-corrected chi connectivity index (χ3v) is 12.0. The summed E-state index contributed by atoms with van der Waals surface area (Å²) in [5.74, 6) is 6.48. The fourth-order valence-corrected chi connectivity index (χ4v) is 10.1. The van der Waals surface area contributed by atoms with Gasteiger partial charge in [0, 0.05) is 5.69 Å². The number of hydrogen-bond acceptors (Lipinski definition) is 3. The van der Waals surface area contributed by atoms with Crippen LogP contribution in [-0.2, 0) is 0 Å². The van der Waals surface area contributed by atoms with E-state index < -0.39 is 0 Å². The molecule has 3 heteroatoms. The van der Waals surface area contributed by atoms with Crippen molar-refractivity contribution in [2.75, 3.05) is 11.5 Å². The van der Waals surface area contributed by atoms with Crippen molar-refractivity contribution >= 4 is 11.4 Å². The third-order valence-electron chi connectivity index (χ3n) is 12.0. The van der Waals surface area contributed by atoms with Gasteiger partial charge in [0.05, 0.1) is 11.9 Å². The minimum absolute atomic E-state index is 0.582. The molecule has 0 bridgehead atoms. The van der Waals surface area contributed by atoms with Gasteiger partial charge < -0.3 is 16.2 Å². The van der Waals surface area contributed by atoms with Gasteiger partial charge in [0.2, 0.25) is 0 Å². The molecular weight excluding hydrogens is 440 g/mol. The number of rotatable bonds is 7. The van der Waals surface area contributed by atoms with E-state index in [0.29, 0.717) is 28.0 Å². The van der Waals surface area contributed by atoms with Crippen LogP contribution in [0.15, 0.2) is 30.0 Å². The molecule has 1 unspecified atom stereocenters. The van der Waals surface area contributed by atoms with Crippen molar-refractivity contribution in [3.63, 3.8) is 0 Å². The highest BCUT2D eigenvalue weighted by atomic mass is 16.5. The lowest BCUT2D eigenvalue weighted by Gasteiger charge is -2.61. The van der Waals surface area contributed by atoms with E-state index in [2.05, 4.69) is 27.7 Å². The van der Waals surface area contributed by atoms with Gasteiger partial charge in [-0.25, -0.2) is 0 Å². The minimum Gasteiger partial charge on any atom is -0.463 e. The summed E-state index contributed by atoms with van der Waals surface area (Å²) in [7, 11) is 0. The number of allylic oxidation sites excluding steroid dienone is 1. The molecule has 4 N–H and O–H groups in total. The average molecular weight is 493 g/mol. The SMILES string of the molecule is CC(=COc1ccc(N)cc1N)CCC[C@@H](C)[C@H]1CC[C@H]2[C@@H]3CCC4CCCC[C@]4(C)[C@H]3CC[C@]12C. The Morgan fingerprint density at radius 1 is 1.00 bits per heavy atom. The largest absolute Gasteiger partial charge is 0.463 e. The summed E-state index contributed by atoms with van der Waals surface area (Å²) in [5, 5.41) is 0. The van der Waals surface area contributed by atoms with E-state index in [1.54, 1.807) is 6.07 Å². The van der Waals surface area contributed by atoms with Crippen molar-refractivity contribution in [2.45, 2.75) is 111 Å². The van der Waals surface area contributed by atoms with Crippen LogP contribution in [0.3, 0.4) is 0 Å². The Labute approximate surface area is 220 Å². The van der Waals surface area contributed by atoms with Crippen LogP contribution in [0.2, 0.25) is 0 Å². The van der Waals surface area contributed by atoms with Crippen LogP contribution >= 0.6 is 0 Å². The lowest BCUT2D eigenvalue weighted by Crippen LogP contribution is -2.53. The molecule has 8 atom stereocenters. The lowest BCUT2D eigenvalue weighted by atomic mass is 9.44. The zero-order valence-electron chi connectivity index (χ0n) is 23.5. The Morgan fingerprint density at radius 3 is 2.61 bits per heavy atom.